The van der Waals surface area contributed by atoms with Crippen molar-refractivity contribution < 1.29 is 13.9 Å². The lowest BCUT2D eigenvalue weighted by Gasteiger charge is -2.34. The van der Waals surface area contributed by atoms with E-state index in [2.05, 4.69) is 26.9 Å². The summed E-state index contributed by atoms with van der Waals surface area (Å²) in [5.41, 5.74) is -1.44. The van der Waals surface area contributed by atoms with Crippen molar-refractivity contribution >= 4 is 11.8 Å². The number of unbranched alkanes of at least 4 members (excludes halogenated alkanes) is 4. The molecule has 1 aromatic heterocycles. The van der Waals surface area contributed by atoms with Gasteiger partial charge in [-0.25, -0.2) is 18.4 Å². The molecule has 0 bridgehead atoms. The second kappa shape index (κ2) is 12.8. The van der Waals surface area contributed by atoms with Crippen LogP contribution in [0, 0.1) is 11.6 Å². The molecule has 0 unspecified atom stereocenters. The van der Waals surface area contributed by atoms with Crippen LogP contribution in [0.1, 0.15) is 44.6 Å². The van der Waals surface area contributed by atoms with Crippen molar-refractivity contribution in [2.45, 2.75) is 56.4 Å². The third kappa shape index (κ3) is 7.73. The molecule has 1 aliphatic heterocycles. The van der Waals surface area contributed by atoms with Crippen LogP contribution in [0.25, 0.3) is 0 Å². The number of rotatable bonds is 13. The van der Waals surface area contributed by atoms with Gasteiger partial charge in [0.2, 0.25) is 0 Å². The van der Waals surface area contributed by atoms with Gasteiger partial charge < -0.3 is 14.9 Å². The topological polar surface area (TPSA) is 57.4 Å². The van der Waals surface area contributed by atoms with Crippen molar-refractivity contribution in [1.82, 2.24) is 24.6 Å². The molecule has 6 nitrogen and oxygen atoms in total. The standard InChI is InChI=1S/C24H37F2N5OS/c1-20(33-15-7-5-3-4-6-10-30-13-11-29(2)12-14-30)24(32,17-31-19-27-18-28-31)22-9-8-21(25)16-23(22)26/h8-9,16,18-20,32H,3-7,10-15,17H2,1-2H3/t20-,24-/m1/s1. The molecule has 2 heterocycles. The summed E-state index contributed by atoms with van der Waals surface area (Å²) in [5, 5.41) is 15.3. The average Bonchev–Trinajstić information content (AvgIpc) is 3.29. The van der Waals surface area contributed by atoms with Gasteiger partial charge in [-0.3, -0.25) is 0 Å². The van der Waals surface area contributed by atoms with Crippen molar-refractivity contribution in [3.63, 3.8) is 0 Å². The number of aliphatic hydroxyl groups is 1. The minimum absolute atomic E-state index is 0.0516. The molecule has 0 amide bonds. The summed E-state index contributed by atoms with van der Waals surface area (Å²) >= 11 is 1.61. The summed E-state index contributed by atoms with van der Waals surface area (Å²) in [6.45, 7) is 7.82. The lowest BCUT2D eigenvalue weighted by atomic mass is 9.90. The predicted molar refractivity (Wildman–Crippen MR) is 129 cm³/mol. The number of hydrogen-bond acceptors (Lipinski definition) is 6. The Balaban J connectivity index is 1.42. The van der Waals surface area contributed by atoms with Crippen LogP contribution >= 0.6 is 11.8 Å². The second-order valence-electron chi connectivity index (χ2n) is 9.07. The summed E-state index contributed by atoms with van der Waals surface area (Å²) < 4.78 is 29.5. The molecule has 1 aromatic carbocycles. The largest absolute Gasteiger partial charge is 0.382 e. The molecule has 0 radical (unpaired) electrons. The summed E-state index contributed by atoms with van der Waals surface area (Å²) in [7, 11) is 2.18. The lowest BCUT2D eigenvalue weighted by molar-refractivity contribution is 0.0133. The summed E-state index contributed by atoms with van der Waals surface area (Å²) in [4.78, 5) is 8.85. The van der Waals surface area contributed by atoms with Crippen LogP contribution in [-0.4, -0.2) is 80.4 Å². The molecule has 9 heteroatoms. The minimum Gasteiger partial charge on any atom is -0.382 e. The van der Waals surface area contributed by atoms with Gasteiger partial charge in [0.05, 0.1) is 6.54 Å². The first kappa shape index (κ1) is 26.1. The van der Waals surface area contributed by atoms with E-state index in [1.54, 1.807) is 11.8 Å². The third-order valence-electron chi connectivity index (χ3n) is 6.52. The van der Waals surface area contributed by atoms with E-state index in [-0.39, 0.29) is 17.4 Å². The molecule has 0 spiro atoms. The fourth-order valence-electron chi connectivity index (χ4n) is 4.27. The monoisotopic (exact) mass is 481 g/mol. The first-order valence-corrected chi connectivity index (χ1v) is 13.0. The zero-order valence-electron chi connectivity index (χ0n) is 19.8. The molecule has 0 saturated carbocycles. The summed E-state index contributed by atoms with van der Waals surface area (Å²) in [6, 6.07) is 3.34. The van der Waals surface area contributed by atoms with Crippen LogP contribution in [0.5, 0.6) is 0 Å². The Kier molecular flexibility index (Phi) is 10.1. The Bertz CT molecular complexity index is 832. The van der Waals surface area contributed by atoms with Gasteiger partial charge in [0.25, 0.3) is 0 Å². The Morgan fingerprint density at radius 3 is 2.52 bits per heavy atom. The zero-order chi connectivity index (χ0) is 23.7. The Morgan fingerprint density at radius 2 is 1.82 bits per heavy atom. The maximum atomic E-state index is 14.6. The van der Waals surface area contributed by atoms with E-state index in [9.17, 15) is 13.9 Å². The summed E-state index contributed by atoms with van der Waals surface area (Å²) in [6.07, 6.45) is 8.76. The molecule has 1 saturated heterocycles. The maximum Gasteiger partial charge on any atom is 0.137 e. The van der Waals surface area contributed by atoms with E-state index in [0.717, 1.165) is 24.7 Å². The Morgan fingerprint density at radius 1 is 1.09 bits per heavy atom. The molecule has 184 valence electrons. The first-order chi connectivity index (χ1) is 15.9. The number of nitrogens with zero attached hydrogens (tertiary/aromatic N) is 5. The number of likely N-dealkylation sites (N-methyl/N-ethyl adjacent to an activating group) is 1. The van der Waals surface area contributed by atoms with Gasteiger partial charge in [-0.2, -0.15) is 16.9 Å². The molecular weight excluding hydrogens is 444 g/mol. The van der Waals surface area contributed by atoms with Gasteiger partial charge in [0, 0.05) is 43.1 Å². The molecule has 1 fully saturated rings. The number of piperazine rings is 1. The van der Waals surface area contributed by atoms with Crippen molar-refractivity contribution in [2.75, 3.05) is 45.5 Å². The number of thioether (sulfide) groups is 1. The highest BCUT2D eigenvalue weighted by atomic mass is 32.2. The molecule has 1 N–H and O–H groups in total. The van der Waals surface area contributed by atoms with Crippen molar-refractivity contribution in [3.05, 3.63) is 48.1 Å². The summed E-state index contributed by atoms with van der Waals surface area (Å²) in [5.74, 6) is -0.528. The maximum absolute atomic E-state index is 14.6. The Labute approximate surface area is 200 Å². The van der Waals surface area contributed by atoms with Crippen LogP contribution in [0.2, 0.25) is 0 Å². The zero-order valence-corrected chi connectivity index (χ0v) is 20.6. The van der Waals surface area contributed by atoms with E-state index in [4.69, 9.17) is 0 Å². The molecule has 1 aliphatic rings. The molecular formula is C24H37F2N5OS. The highest BCUT2D eigenvalue weighted by Crippen LogP contribution is 2.36. The van der Waals surface area contributed by atoms with Crippen molar-refractivity contribution in [1.29, 1.82) is 0 Å². The van der Waals surface area contributed by atoms with Crippen molar-refractivity contribution in [3.8, 4) is 0 Å². The van der Waals surface area contributed by atoms with Crippen molar-refractivity contribution in [2.24, 2.45) is 0 Å². The second-order valence-corrected chi connectivity index (χ2v) is 10.5. The third-order valence-corrected chi connectivity index (χ3v) is 7.94. The molecule has 0 aliphatic carbocycles. The molecule has 2 aromatic rings. The predicted octanol–water partition coefficient (Wildman–Crippen LogP) is 3.76. The van der Waals surface area contributed by atoms with Crippen LogP contribution in [0.3, 0.4) is 0 Å². The van der Waals surface area contributed by atoms with Crippen LogP contribution in [0.15, 0.2) is 30.9 Å². The van der Waals surface area contributed by atoms with Gasteiger partial charge >= 0.3 is 0 Å². The number of benzene rings is 1. The number of aromatic nitrogens is 3. The molecule has 33 heavy (non-hydrogen) atoms. The van der Waals surface area contributed by atoms with Gasteiger partial charge in [0.1, 0.15) is 29.9 Å². The number of halogens is 2. The van der Waals surface area contributed by atoms with Gasteiger partial charge in [-0.1, -0.05) is 32.3 Å². The number of hydrogen-bond donors (Lipinski definition) is 1. The normalized spacial score (nSPS) is 18.3. The van der Waals surface area contributed by atoms with E-state index in [0.29, 0.717) is 0 Å². The fourth-order valence-corrected chi connectivity index (χ4v) is 5.47. The van der Waals surface area contributed by atoms with Crippen LogP contribution < -0.4 is 0 Å². The highest BCUT2D eigenvalue weighted by molar-refractivity contribution is 7.99. The lowest BCUT2D eigenvalue weighted by Crippen LogP contribution is -2.44. The molecule has 2 atom stereocenters. The van der Waals surface area contributed by atoms with E-state index in [1.165, 1.54) is 81.5 Å². The molecule has 3 rings (SSSR count). The van der Waals surface area contributed by atoms with Crippen LogP contribution in [0.4, 0.5) is 8.78 Å². The Hall–Kier alpha value is -1.55. The van der Waals surface area contributed by atoms with E-state index in [1.807, 2.05) is 6.92 Å². The van der Waals surface area contributed by atoms with E-state index < -0.39 is 17.2 Å². The van der Waals surface area contributed by atoms with Gasteiger partial charge in [-0.05, 0) is 38.3 Å². The SMILES string of the molecule is C[C@@H](SCCCCCCCN1CCN(C)CC1)[C@](O)(Cn1cncn1)c1ccc(F)cc1F. The first-order valence-electron chi connectivity index (χ1n) is 11.9. The quantitative estimate of drug-likeness (QED) is 0.440. The smallest absolute Gasteiger partial charge is 0.137 e. The van der Waals surface area contributed by atoms with Gasteiger partial charge in [0.15, 0.2) is 0 Å². The minimum atomic E-state index is -1.53. The van der Waals surface area contributed by atoms with E-state index >= 15 is 0 Å². The highest BCUT2D eigenvalue weighted by Gasteiger charge is 2.39. The van der Waals surface area contributed by atoms with Crippen LogP contribution in [-0.2, 0) is 12.1 Å². The fraction of sp³-hybridized carbons (Fsp3) is 0.667. The van der Waals surface area contributed by atoms with Gasteiger partial charge in [-0.15, -0.1) is 0 Å². The average molecular weight is 482 g/mol.